The molecule has 1 aliphatic rings. The van der Waals surface area contributed by atoms with Crippen LogP contribution in [0.2, 0.25) is 0 Å². The fraction of sp³-hybridized carbons (Fsp3) is 0.812. The molecule has 0 aromatic rings. The van der Waals surface area contributed by atoms with Gasteiger partial charge in [-0.3, -0.25) is 4.79 Å². The number of carbonyl (C=O) groups excluding carboxylic acids is 3. The molecule has 1 rings (SSSR count). The van der Waals surface area contributed by atoms with Crippen LogP contribution < -0.4 is 5.32 Å². The Morgan fingerprint density at radius 2 is 2.18 bits per heavy atom. The van der Waals surface area contributed by atoms with E-state index >= 15 is 0 Å². The van der Waals surface area contributed by atoms with Crippen LogP contribution in [0.4, 0.5) is 4.79 Å². The molecule has 0 radical (unpaired) electrons. The molecule has 22 heavy (non-hydrogen) atoms. The topological polar surface area (TPSA) is 81.7 Å². The first kappa shape index (κ1) is 18.5. The molecule has 1 aliphatic heterocycles. The van der Waals surface area contributed by atoms with Gasteiger partial charge >= 0.3 is 12.1 Å². The van der Waals surface area contributed by atoms with E-state index in [2.05, 4.69) is 5.32 Å². The predicted octanol–water partition coefficient (Wildman–Crippen LogP) is 2.59. The molecule has 1 amide bonds. The van der Waals surface area contributed by atoms with Crippen molar-refractivity contribution in [1.82, 2.24) is 5.32 Å². The number of rotatable bonds is 7. The van der Waals surface area contributed by atoms with Crippen LogP contribution in [0.15, 0.2) is 0 Å². The van der Waals surface area contributed by atoms with Gasteiger partial charge in [-0.15, -0.1) is 0 Å². The smallest absolute Gasteiger partial charge is 0.408 e. The maximum absolute atomic E-state index is 12.0. The van der Waals surface area contributed by atoms with Crippen LogP contribution in [0.5, 0.6) is 0 Å². The van der Waals surface area contributed by atoms with Gasteiger partial charge < -0.3 is 19.6 Å². The molecule has 2 unspecified atom stereocenters. The van der Waals surface area contributed by atoms with Gasteiger partial charge in [0.05, 0.1) is 6.04 Å². The van der Waals surface area contributed by atoms with E-state index in [0.29, 0.717) is 25.7 Å². The number of aldehydes is 1. The molecule has 1 N–H and O–H groups in total. The second kappa shape index (κ2) is 8.15. The lowest BCUT2D eigenvalue weighted by Crippen LogP contribution is -2.46. The molecular weight excluding hydrogens is 286 g/mol. The highest BCUT2D eigenvalue weighted by Crippen LogP contribution is 2.23. The SMILES string of the molecule is CC(CCC=O)C[C@@H](NC(=O)OC(C)(C)C)C1CCC(=O)O1. The van der Waals surface area contributed by atoms with E-state index in [9.17, 15) is 14.4 Å². The number of esters is 1. The lowest BCUT2D eigenvalue weighted by molar-refractivity contribution is -0.142. The monoisotopic (exact) mass is 313 g/mol. The number of carbonyl (C=O) groups is 3. The molecule has 1 saturated heterocycles. The summed E-state index contributed by atoms with van der Waals surface area (Å²) < 4.78 is 10.6. The standard InChI is InChI=1S/C16H27NO5/c1-11(6-5-9-18)10-12(13-7-8-14(19)21-13)17-15(20)22-16(2,3)4/h9,11-13H,5-8,10H2,1-4H3,(H,17,20)/t11?,12-,13?/m1/s1. The average molecular weight is 313 g/mol. The maximum atomic E-state index is 12.0. The zero-order valence-electron chi connectivity index (χ0n) is 13.9. The molecule has 0 saturated carbocycles. The Labute approximate surface area is 131 Å². The molecule has 126 valence electrons. The summed E-state index contributed by atoms with van der Waals surface area (Å²) in [5, 5.41) is 2.82. The quantitative estimate of drug-likeness (QED) is 0.577. The fourth-order valence-electron chi connectivity index (χ4n) is 2.50. The van der Waals surface area contributed by atoms with Gasteiger partial charge in [0, 0.05) is 12.8 Å². The van der Waals surface area contributed by atoms with Gasteiger partial charge in [-0.25, -0.2) is 4.79 Å². The van der Waals surface area contributed by atoms with Crippen molar-refractivity contribution in [1.29, 1.82) is 0 Å². The number of hydrogen-bond donors (Lipinski definition) is 1. The summed E-state index contributed by atoms with van der Waals surface area (Å²) in [6.45, 7) is 7.40. The van der Waals surface area contributed by atoms with Gasteiger partial charge in [0.25, 0.3) is 0 Å². The van der Waals surface area contributed by atoms with E-state index in [1.54, 1.807) is 20.8 Å². The van der Waals surface area contributed by atoms with Gasteiger partial charge in [-0.1, -0.05) is 6.92 Å². The van der Waals surface area contributed by atoms with E-state index in [1.807, 2.05) is 6.92 Å². The molecule has 0 aromatic carbocycles. The number of amides is 1. The minimum atomic E-state index is -0.579. The third-order valence-corrected chi connectivity index (χ3v) is 3.50. The highest BCUT2D eigenvalue weighted by molar-refractivity contribution is 5.72. The summed E-state index contributed by atoms with van der Waals surface area (Å²) in [6.07, 6.45) is 2.91. The highest BCUT2D eigenvalue weighted by Gasteiger charge is 2.33. The Balaban J connectivity index is 2.63. The van der Waals surface area contributed by atoms with Crippen molar-refractivity contribution >= 4 is 18.3 Å². The summed E-state index contributed by atoms with van der Waals surface area (Å²) in [7, 11) is 0. The van der Waals surface area contributed by atoms with Gasteiger partial charge in [0.15, 0.2) is 0 Å². The third kappa shape index (κ3) is 6.91. The predicted molar refractivity (Wildman–Crippen MR) is 81.4 cm³/mol. The van der Waals surface area contributed by atoms with E-state index in [0.717, 1.165) is 12.7 Å². The van der Waals surface area contributed by atoms with Crippen molar-refractivity contribution < 1.29 is 23.9 Å². The molecule has 0 aliphatic carbocycles. The van der Waals surface area contributed by atoms with Crippen LogP contribution in [0.1, 0.15) is 59.8 Å². The zero-order chi connectivity index (χ0) is 16.8. The maximum Gasteiger partial charge on any atom is 0.408 e. The normalized spacial score (nSPS) is 20.9. The summed E-state index contributed by atoms with van der Waals surface area (Å²) in [5.41, 5.74) is -0.579. The van der Waals surface area contributed by atoms with E-state index in [1.165, 1.54) is 0 Å². The zero-order valence-corrected chi connectivity index (χ0v) is 13.9. The van der Waals surface area contributed by atoms with Gasteiger partial charge in [-0.2, -0.15) is 0 Å². The average Bonchev–Trinajstić information content (AvgIpc) is 2.80. The van der Waals surface area contributed by atoms with Crippen molar-refractivity contribution in [2.75, 3.05) is 0 Å². The Morgan fingerprint density at radius 1 is 1.50 bits per heavy atom. The molecule has 0 aromatic heterocycles. The van der Waals surface area contributed by atoms with Crippen LogP contribution in [-0.4, -0.2) is 36.1 Å². The van der Waals surface area contributed by atoms with Crippen LogP contribution >= 0.6 is 0 Å². The third-order valence-electron chi connectivity index (χ3n) is 3.50. The summed E-state index contributed by atoms with van der Waals surface area (Å²) in [4.78, 5) is 33.8. The first-order valence-corrected chi connectivity index (χ1v) is 7.84. The summed E-state index contributed by atoms with van der Waals surface area (Å²) in [6, 6.07) is -0.289. The molecule has 3 atom stereocenters. The number of alkyl carbamates (subject to hydrolysis) is 1. The van der Waals surface area contributed by atoms with Crippen LogP contribution in [0.25, 0.3) is 0 Å². The highest BCUT2D eigenvalue weighted by atomic mass is 16.6. The van der Waals surface area contributed by atoms with Crippen LogP contribution in [0.3, 0.4) is 0 Å². The van der Waals surface area contributed by atoms with E-state index < -0.39 is 11.7 Å². The number of ether oxygens (including phenoxy) is 2. The minimum Gasteiger partial charge on any atom is -0.460 e. The molecule has 1 heterocycles. The van der Waals surface area contributed by atoms with Crippen LogP contribution in [-0.2, 0) is 19.1 Å². The second-order valence-corrected chi connectivity index (χ2v) is 6.90. The minimum absolute atomic E-state index is 0.235. The molecule has 1 fully saturated rings. The van der Waals surface area contributed by atoms with E-state index in [4.69, 9.17) is 9.47 Å². The fourth-order valence-corrected chi connectivity index (χ4v) is 2.50. The Morgan fingerprint density at radius 3 is 2.68 bits per heavy atom. The summed E-state index contributed by atoms with van der Waals surface area (Å²) in [5.74, 6) is 0.00553. The number of cyclic esters (lactones) is 1. The molecule has 6 nitrogen and oxygen atoms in total. The van der Waals surface area contributed by atoms with Gasteiger partial charge in [-0.05, 0) is 46.0 Å². The number of nitrogens with one attached hydrogen (secondary N) is 1. The second-order valence-electron chi connectivity index (χ2n) is 6.90. The van der Waals surface area contributed by atoms with Gasteiger partial charge in [0.2, 0.25) is 0 Å². The summed E-state index contributed by atoms with van der Waals surface area (Å²) >= 11 is 0. The van der Waals surface area contributed by atoms with Crippen molar-refractivity contribution in [3.63, 3.8) is 0 Å². The Kier molecular flexibility index (Phi) is 6.84. The first-order chi connectivity index (χ1) is 10.2. The van der Waals surface area contributed by atoms with E-state index in [-0.39, 0.29) is 24.0 Å². The molecule has 0 spiro atoms. The number of hydrogen-bond acceptors (Lipinski definition) is 5. The Hall–Kier alpha value is -1.59. The molecule has 0 bridgehead atoms. The lowest BCUT2D eigenvalue weighted by atomic mass is 9.93. The Bertz CT molecular complexity index is 402. The first-order valence-electron chi connectivity index (χ1n) is 7.84. The van der Waals surface area contributed by atoms with Gasteiger partial charge in [0.1, 0.15) is 18.0 Å². The molecular formula is C16H27NO5. The largest absolute Gasteiger partial charge is 0.460 e. The van der Waals surface area contributed by atoms with Crippen molar-refractivity contribution in [2.45, 2.75) is 77.5 Å². The van der Waals surface area contributed by atoms with Crippen molar-refractivity contribution in [3.8, 4) is 0 Å². The van der Waals surface area contributed by atoms with Crippen molar-refractivity contribution in [2.24, 2.45) is 5.92 Å². The van der Waals surface area contributed by atoms with Crippen LogP contribution in [0, 0.1) is 5.92 Å². The van der Waals surface area contributed by atoms with Crippen molar-refractivity contribution in [3.05, 3.63) is 0 Å². The lowest BCUT2D eigenvalue weighted by Gasteiger charge is -2.28. The molecule has 6 heteroatoms.